The molecule has 0 amide bonds. The molecule has 0 N–H and O–H groups in total. The van der Waals surface area contributed by atoms with Gasteiger partial charge in [-0.15, -0.1) is 0 Å². The van der Waals surface area contributed by atoms with E-state index in [1.54, 1.807) is 6.21 Å². The summed E-state index contributed by atoms with van der Waals surface area (Å²) >= 11 is 0. The van der Waals surface area contributed by atoms with Gasteiger partial charge in [0, 0.05) is 0 Å². The van der Waals surface area contributed by atoms with Crippen molar-refractivity contribution in [2.24, 2.45) is 5.16 Å². The van der Waals surface area contributed by atoms with E-state index in [0.717, 1.165) is 5.56 Å². The molecule has 0 radical (unpaired) electrons. The minimum Gasteiger partial charge on any atom is -0.389 e. The van der Waals surface area contributed by atoms with Gasteiger partial charge in [-0.25, -0.2) is 0 Å². The van der Waals surface area contributed by atoms with Crippen LogP contribution in [-0.4, -0.2) is 12.3 Å². The molecule has 14 heavy (non-hydrogen) atoms. The van der Waals surface area contributed by atoms with E-state index >= 15 is 0 Å². The van der Waals surface area contributed by atoms with Crippen LogP contribution in [0, 0.1) is 0 Å². The molecule has 1 aromatic rings. The molecule has 0 bridgehead atoms. The first-order chi connectivity index (χ1) is 6.83. The van der Waals surface area contributed by atoms with Crippen molar-refractivity contribution in [3.05, 3.63) is 48.0 Å². The normalized spacial score (nSPS) is 13.6. The third-order valence-electron chi connectivity index (χ3n) is 1.69. The molecule has 0 saturated carbocycles. The summed E-state index contributed by atoms with van der Waals surface area (Å²) in [6, 6.07) is 9.87. The molecule has 0 aliphatic rings. The summed E-state index contributed by atoms with van der Waals surface area (Å²) in [5.41, 5.74) is 1.04. The Labute approximate surface area is 84.9 Å². The van der Waals surface area contributed by atoms with Crippen LogP contribution in [0.1, 0.15) is 19.4 Å². The first kappa shape index (κ1) is 10.5. The van der Waals surface area contributed by atoms with Crippen molar-refractivity contribution in [1.29, 1.82) is 0 Å². The summed E-state index contributed by atoms with van der Waals surface area (Å²) in [7, 11) is 0. The molecule has 0 heterocycles. The van der Waals surface area contributed by atoms with Crippen molar-refractivity contribution < 1.29 is 4.84 Å². The van der Waals surface area contributed by atoms with Crippen LogP contribution in [0.4, 0.5) is 0 Å². The molecule has 1 rings (SSSR count). The highest BCUT2D eigenvalue weighted by molar-refractivity contribution is 5.78. The number of allylic oxidation sites excluding steroid dienone is 1. The summed E-state index contributed by atoms with van der Waals surface area (Å²) in [6.45, 7) is 3.91. The van der Waals surface area contributed by atoms with Crippen molar-refractivity contribution in [2.75, 3.05) is 0 Å². The van der Waals surface area contributed by atoms with Crippen LogP contribution in [0.2, 0.25) is 0 Å². The van der Waals surface area contributed by atoms with E-state index in [1.165, 1.54) is 0 Å². The molecule has 1 atom stereocenters. The first-order valence-electron chi connectivity index (χ1n) is 4.70. The van der Waals surface area contributed by atoms with Crippen molar-refractivity contribution in [3.8, 4) is 0 Å². The third-order valence-corrected chi connectivity index (χ3v) is 1.69. The van der Waals surface area contributed by atoms with Crippen LogP contribution in [0.15, 0.2) is 47.6 Å². The third kappa shape index (κ3) is 3.90. The second-order valence-corrected chi connectivity index (χ2v) is 2.98. The van der Waals surface area contributed by atoms with E-state index in [1.807, 2.05) is 56.3 Å². The predicted molar refractivity (Wildman–Crippen MR) is 59.4 cm³/mol. The molecule has 0 aromatic heterocycles. The lowest BCUT2D eigenvalue weighted by molar-refractivity contribution is 0.107. The van der Waals surface area contributed by atoms with Crippen molar-refractivity contribution >= 4 is 6.21 Å². The Kier molecular flexibility index (Phi) is 4.48. The number of nitrogens with zero attached hydrogens (tertiary/aromatic N) is 1. The van der Waals surface area contributed by atoms with Crippen LogP contribution >= 0.6 is 0 Å². The highest BCUT2D eigenvalue weighted by atomic mass is 16.6. The van der Waals surface area contributed by atoms with Gasteiger partial charge in [0.1, 0.15) is 6.10 Å². The molecule has 1 aromatic carbocycles. The number of rotatable bonds is 4. The zero-order chi connectivity index (χ0) is 10.2. The van der Waals surface area contributed by atoms with Gasteiger partial charge in [-0.1, -0.05) is 41.6 Å². The van der Waals surface area contributed by atoms with Gasteiger partial charge in [0.2, 0.25) is 0 Å². The van der Waals surface area contributed by atoms with Gasteiger partial charge in [0.05, 0.1) is 6.21 Å². The van der Waals surface area contributed by atoms with Crippen molar-refractivity contribution in [1.82, 2.24) is 0 Å². The van der Waals surface area contributed by atoms with Gasteiger partial charge < -0.3 is 4.84 Å². The second kappa shape index (κ2) is 5.97. The van der Waals surface area contributed by atoms with E-state index in [2.05, 4.69) is 5.16 Å². The molecule has 0 fully saturated rings. The molecule has 2 nitrogen and oxygen atoms in total. The van der Waals surface area contributed by atoms with Crippen molar-refractivity contribution in [3.63, 3.8) is 0 Å². The maximum Gasteiger partial charge on any atom is 0.142 e. The number of benzene rings is 1. The van der Waals surface area contributed by atoms with E-state index in [4.69, 9.17) is 4.84 Å². The van der Waals surface area contributed by atoms with Gasteiger partial charge in [-0.05, 0) is 25.5 Å². The topological polar surface area (TPSA) is 21.6 Å². The van der Waals surface area contributed by atoms with Crippen LogP contribution < -0.4 is 0 Å². The Morgan fingerprint density at radius 2 is 2.00 bits per heavy atom. The van der Waals surface area contributed by atoms with Gasteiger partial charge in [0.25, 0.3) is 0 Å². The monoisotopic (exact) mass is 189 g/mol. The molecular weight excluding hydrogens is 174 g/mol. The fourth-order valence-electron chi connectivity index (χ4n) is 1.03. The molecule has 1 unspecified atom stereocenters. The fourth-order valence-corrected chi connectivity index (χ4v) is 1.03. The molecule has 2 heteroatoms. The molecule has 0 spiro atoms. The van der Waals surface area contributed by atoms with E-state index in [0.29, 0.717) is 0 Å². The number of hydrogen-bond donors (Lipinski definition) is 0. The van der Waals surface area contributed by atoms with Crippen LogP contribution in [0.25, 0.3) is 0 Å². The SMILES string of the molecule is C/C=C/C(C)O/N=C/c1ccccc1. The van der Waals surface area contributed by atoms with Gasteiger partial charge in [0.15, 0.2) is 0 Å². The minimum atomic E-state index is 0.0277. The largest absolute Gasteiger partial charge is 0.389 e. The lowest BCUT2D eigenvalue weighted by Gasteiger charge is -2.02. The second-order valence-electron chi connectivity index (χ2n) is 2.98. The standard InChI is InChI=1S/C12H15NO/c1-3-7-11(2)14-13-10-12-8-5-4-6-9-12/h3-11H,1-2H3/b7-3+,13-10+. The average Bonchev–Trinajstić information content (AvgIpc) is 2.20. The van der Waals surface area contributed by atoms with Gasteiger partial charge in [-0.3, -0.25) is 0 Å². The van der Waals surface area contributed by atoms with Crippen molar-refractivity contribution in [2.45, 2.75) is 20.0 Å². The van der Waals surface area contributed by atoms with Gasteiger partial charge >= 0.3 is 0 Å². The average molecular weight is 189 g/mol. The molecule has 74 valence electrons. The summed E-state index contributed by atoms with van der Waals surface area (Å²) in [6.07, 6.45) is 5.63. The first-order valence-corrected chi connectivity index (χ1v) is 4.70. The molecule has 0 saturated heterocycles. The lowest BCUT2D eigenvalue weighted by atomic mass is 10.2. The predicted octanol–water partition coefficient (Wildman–Crippen LogP) is 3.00. The maximum absolute atomic E-state index is 5.17. The van der Waals surface area contributed by atoms with Crippen LogP contribution in [-0.2, 0) is 4.84 Å². The summed E-state index contributed by atoms with van der Waals surface area (Å²) in [5.74, 6) is 0. The number of oxime groups is 1. The van der Waals surface area contributed by atoms with Crippen LogP contribution in [0.5, 0.6) is 0 Å². The zero-order valence-electron chi connectivity index (χ0n) is 8.55. The Hall–Kier alpha value is -1.57. The van der Waals surface area contributed by atoms with E-state index in [9.17, 15) is 0 Å². The zero-order valence-corrected chi connectivity index (χ0v) is 8.55. The molecule has 0 aliphatic heterocycles. The Morgan fingerprint density at radius 1 is 1.29 bits per heavy atom. The Bertz CT molecular complexity index is 303. The van der Waals surface area contributed by atoms with E-state index in [-0.39, 0.29) is 6.10 Å². The highest BCUT2D eigenvalue weighted by Gasteiger charge is 1.92. The Morgan fingerprint density at radius 3 is 2.64 bits per heavy atom. The van der Waals surface area contributed by atoms with E-state index < -0.39 is 0 Å². The fraction of sp³-hybridized carbons (Fsp3) is 0.250. The van der Waals surface area contributed by atoms with Gasteiger partial charge in [-0.2, -0.15) is 0 Å². The Balaban J connectivity index is 2.42. The summed E-state index contributed by atoms with van der Waals surface area (Å²) in [5, 5.41) is 3.88. The molecule has 0 aliphatic carbocycles. The lowest BCUT2D eigenvalue weighted by Crippen LogP contribution is -1.98. The smallest absolute Gasteiger partial charge is 0.142 e. The molecular formula is C12H15NO. The minimum absolute atomic E-state index is 0.0277. The number of hydrogen-bond acceptors (Lipinski definition) is 2. The quantitative estimate of drug-likeness (QED) is 0.405. The maximum atomic E-state index is 5.17. The summed E-state index contributed by atoms with van der Waals surface area (Å²) < 4.78 is 0. The van der Waals surface area contributed by atoms with Crippen LogP contribution in [0.3, 0.4) is 0 Å². The summed E-state index contributed by atoms with van der Waals surface area (Å²) in [4.78, 5) is 5.17. The highest BCUT2D eigenvalue weighted by Crippen LogP contribution is 1.96.